The van der Waals surface area contributed by atoms with Gasteiger partial charge in [0.1, 0.15) is 0 Å². The molecule has 0 heterocycles. The number of hydrogen-bond acceptors (Lipinski definition) is 2. The molecule has 1 aromatic rings. The third kappa shape index (κ3) is 3.22. The van der Waals surface area contributed by atoms with Gasteiger partial charge in [-0.05, 0) is 12.1 Å². The van der Waals surface area contributed by atoms with Crippen LogP contribution in [0.3, 0.4) is 0 Å². The van der Waals surface area contributed by atoms with E-state index in [1.165, 1.54) is 24.3 Å². The second-order valence-electron chi connectivity index (χ2n) is 3.00. The lowest BCUT2D eigenvalue weighted by Gasteiger charge is -2.14. The molecule has 6 heteroatoms. The van der Waals surface area contributed by atoms with E-state index in [9.17, 15) is 22.4 Å². The van der Waals surface area contributed by atoms with Gasteiger partial charge in [0.25, 0.3) is 0 Å². The Kier molecular flexibility index (Phi) is 3.87. The fraction of sp³-hybridized carbons (Fsp3) is 0.300. The van der Waals surface area contributed by atoms with Gasteiger partial charge in [-0.15, -0.1) is 0 Å². The van der Waals surface area contributed by atoms with Crippen molar-refractivity contribution >= 4 is 5.97 Å². The number of alkyl halides is 4. The van der Waals surface area contributed by atoms with Crippen LogP contribution in [0, 0.1) is 0 Å². The van der Waals surface area contributed by atoms with Crippen molar-refractivity contribution in [3.63, 3.8) is 0 Å². The molecule has 2 nitrogen and oxygen atoms in total. The average molecular weight is 236 g/mol. The molecule has 0 bridgehead atoms. The van der Waals surface area contributed by atoms with Crippen LogP contribution < -0.4 is 0 Å². The lowest BCUT2D eigenvalue weighted by atomic mass is 10.2. The average Bonchev–Trinajstić information content (AvgIpc) is 2.27. The summed E-state index contributed by atoms with van der Waals surface area (Å²) < 4.78 is 52.3. The Bertz CT molecular complexity index is 351. The Morgan fingerprint density at radius 1 is 1.25 bits per heavy atom. The lowest BCUT2D eigenvalue weighted by Crippen LogP contribution is -2.33. The molecule has 0 aliphatic rings. The maximum atomic E-state index is 12.4. The predicted molar refractivity (Wildman–Crippen MR) is 47.7 cm³/mol. The fourth-order valence-electron chi connectivity index (χ4n) is 0.882. The smallest absolute Gasteiger partial charge is 0.340 e. The number of esters is 1. The van der Waals surface area contributed by atoms with Crippen molar-refractivity contribution in [3.8, 4) is 0 Å². The minimum atomic E-state index is -4.32. The molecule has 0 radical (unpaired) electrons. The van der Waals surface area contributed by atoms with E-state index < -0.39 is 24.9 Å². The molecule has 1 aromatic carbocycles. The van der Waals surface area contributed by atoms with E-state index in [-0.39, 0.29) is 5.56 Å². The van der Waals surface area contributed by atoms with Gasteiger partial charge in [0.15, 0.2) is 6.61 Å². The van der Waals surface area contributed by atoms with E-state index in [1.807, 2.05) is 0 Å². The molecule has 0 saturated carbocycles. The van der Waals surface area contributed by atoms with Crippen LogP contribution in [-0.4, -0.2) is 24.9 Å². The summed E-state index contributed by atoms with van der Waals surface area (Å²) in [5, 5.41) is 0. The molecule has 0 N–H and O–H groups in total. The quantitative estimate of drug-likeness (QED) is 0.593. The zero-order chi connectivity index (χ0) is 12.2. The van der Waals surface area contributed by atoms with Crippen LogP contribution in [0.2, 0.25) is 0 Å². The predicted octanol–water partition coefficient (Wildman–Crippen LogP) is 2.74. The Hall–Kier alpha value is -1.59. The second-order valence-corrected chi connectivity index (χ2v) is 3.00. The molecule has 0 fully saturated rings. The number of rotatable bonds is 4. The van der Waals surface area contributed by atoms with Crippen molar-refractivity contribution in [1.82, 2.24) is 0 Å². The van der Waals surface area contributed by atoms with E-state index in [0.29, 0.717) is 0 Å². The standard InChI is InChI=1S/C10H8F4O2/c11-9(12)10(13,14)6-16-8(15)7-4-2-1-3-5-7/h1-5,9H,6H2. The van der Waals surface area contributed by atoms with E-state index in [1.54, 1.807) is 6.07 Å². The van der Waals surface area contributed by atoms with Gasteiger partial charge in [-0.2, -0.15) is 8.78 Å². The van der Waals surface area contributed by atoms with Crippen LogP contribution in [-0.2, 0) is 4.74 Å². The number of carbonyl (C=O) groups excluding carboxylic acids is 1. The number of hydrogen-bond donors (Lipinski definition) is 0. The first kappa shape index (κ1) is 12.5. The van der Waals surface area contributed by atoms with Crippen molar-refractivity contribution in [2.45, 2.75) is 12.3 Å². The molecule has 0 unspecified atom stereocenters. The van der Waals surface area contributed by atoms with Gasteiger partial charge in [-0.1, -0.05) is 18.2 Å². The Morgan fingerprint density at radius 2 is 1.81 bits per heavy atom. The number of benzene rings is 1. The molecule has 0 spiro atoms. The van der Waals surface area contributed by atoms with Gasteiger partial charge < -0.3 is 4.74 Å². The van der Waals surface area contributed by atoms with Gasteiger partial charge in [-0.3, -0.25) is 0 Å². The maximum absolute atomic E-state index is 12.4. The highest BCUT2D eigenvalue weighted by Gasteiger charge is 2.42. The van der Waals surface area contributed by atoms with Gasteiger partial charge in [0, 0.05) is 0 Å². The number of carbonyl (C=O) groups is 1. The van der Waals surface area contributed by atoms with Crippen molar-refractivity contribution in [2.24, 2.45) is 0 Å². The van der Waals surface area contributed by atoms with Crippen molar-refractivity contribution in [1.29, 1.82) is 0 Å². The summed E-state index contributed by atoms with van der Waals surface area (Å²) in [4.78, 5) is 11.1. The molecule has 16 heavy (non-hydrogen) atoms. The fourth-order valence-corrected chi connectivity index (χ4v) is 0.882. The zero-order valence-electron chi connectivity index (χ0n) is 8.00. The first-order valence-corrected chi connectivity index (χ1v) is 4.31. The molecule has 0 aliphatic heterocycles. The molecule has 0 amide bonds. The van der Waals surface area contributed by atoms with E-state index >= 15 is 0 Å². The van der Waals surface area contributed by atoms with Gasteiger partial charge in [-0.25, -0.2) is 13.6 Å². The monoisotopic (exact) mass is 236 g/mol. The highest BCUT2D eigenvalue weighted by atomic mass is 19.3. The molecule has 0 aliphatic carbocycles. The molecule has 0 atom stereocenters. The summed E-state index contributed by atoms with van der Waals surface area (Å²) in [5.74, 6) is -5.37. The van der Waals surface area contributed by atoms with Crippen molar-refractivity contribution < 1.29 is 27.1 Å². The van der Waals surface area contributed by atoms with Crippen LogP contribution in [0.1, 0.15) is 10.4 Å². The molecular formula is C10H8F4O2. The Balaban J connectivity index is 2.54. The highest BCUT2D eigenvalue weighted by Crippen LogP contribution is 2.23. The van der Waals surface area contributed by atoms with Gasteiger partial charge in [0.05, 0.1) is 5.56 Å². The first-order valence-electron chi connectivity index (χ1n) is 4.31. The first-order chi connectivity index (χ1) is 7.43. The maximum Gasteiger partial charge on any atom is 0.340 e. The summed E-state index contributed by atoms with van der Waals surface area (Å²) in [6.07, 6.45) is -3.85. The summed E-state index contributed by atoms with van der Waals surface area (Å²) in [6, 6.07) is 7.29. The second kappa shape index (κ2) is 4.96. The summed E-state index contributed by atoms with van der Waals surface area (Å²) >= 11 is 0. The molecule has 88 valence electrons. The minimum Gasteiger partial charge on any atom is -0.455 e. The minimum absolute atomic E-state index is 0.0348. The molecule has 0 aromatic heterocycles. The van der Waals surface area contributed by atoms with Crippen LogP contribution in [0.5, 0.6) is 0 Å². The lowest BCUT2D eigenvalue weighted by molar-refractivity contribution is -0.155. The van der Waals surface area contributed by atoms with Gasteiger partial charge >= 0.3 is 18.3 Å². The third-order valence-corrected chi connectivity index (χ3v) is 1.72. The summed E-state index contributed by atoms with van der Waals surface area (Å²) in [7, 11) is 0. The van der Waals surface area contributed by atoms with Crippen LogP contribution in [0.25, 0.3) is 0 Å². The zero-order valence-corrected chi connectivity index (χ0v) is 8.00. The Labute approximate surface area is 88.8 Å². The third-order valence-electron chi connectivity index (χ3n) is 1.72. The van der Waals surface area contributed by atoms with Crippen molar-refractivity contribution in [2.75, 3.05) is 6.61 Å². The largest absolute Gasteiger partial charge is 0.455 e. The van der Waals surface area contributed by atoms with Gasteiger partial charge in [0.2, 0.25) is 0 Å². The molecule has 0 saturated heterocycles. The van der Waals surface area contributed by atoms with E-state index in [0.717, 1.165) is 0 Å². The van der Waals surface area contributed by atoms with Crippen LogP contribution in [0.15, 0.2) is 30.3 Å². The summed E-state index contributed by atoms with van der Waals surface area (Å²) in [5.41, 5.74) is 0.0348. The highest BCUT2D eigenvalue weighted by molar-refractivity contribution is 5.89. The van der Waals surface area contributed by atoms with E-state index in [2.05, 4.69) is 4.74 Å². The molecular weight excluding hydrogens is 228 g/mol. The number of ether oxygens (including phenoxy) is 1. The van der Waals surface area contributed by atoms with E-state index in [4.69, 9.17) is 0 Å². The van der Waals surface area contributed by atoms with Crippen LogP contribution in [0.4, 0.5) is 17.6 Å². The normalized spacial score (nSPS) is 11.6. The Morgan fingerprint density at radius 3 is 2.31 bits per heavy atom. The SMILES string of the molecule is O=C(OCC(F)(F)C(F)F)c1ccccc1. The summed E-state index contributed by atoms with van der Waals surface area (Å²) in [6.45, 7) is -1.63. The topological polar surface area (TPSA) is 26.3 Å². The molecule has 1 rings (SSSR count). The number of halogens is 4. The van der Waals surface area contributed by atoms with Crippen LogP contribution >= 0.6 is 0 Å². The van der Waals surface area contributed by atoms with Crippen molar-refractivity contribution in [3.05, 3.63) is 35.9 Å².